The first kappa shape index (κ1) is 15.0. The summed E-state index contributed by atoms with van der Waals surface area (Å²) in [5.74, 6) is 0. The Kier molecular flexibility index (Phi) is 6.50. The lowest BCUT2D eigenvalue weighted by molar-refractivity contribution is 0.168. The molecule has 1 aliphatic rings. The van der Waals surface area contributed by atoms with E-state index in [0.29, 0.717) is 5.54 Å². The second-order valence-corrected chi connectivity index (χ2v) is 6.01. The highest BCUT2D eigenvalue weighted by Gasteiger charge is 2.29. The Morgan fingerprint density at radius 1 is 1.24 bits per heavy atom. The van der Waals surface area contributed by atoms with Crippen LogP contribution in [-0.4, -0.2) is 36.1 Å². The summed E-state index contributed by atoms with van der Waals surface area (Å²) in [7, 11) is 0. The van der Waals surface area contributed by atoms with Crippen LogP contribution < -0.4 is 5.32 Å². The number of nitrogens with zero attached hydrogens (tertiary/aromatic N) is 1. The summed E-state index contributed by atoms with van der Waals surface area (Å²) in [5.41, 5.74) is 0.329. The largest absolute Gasteiger partial charge is 0.310 e. The van der Waals surface area contributed by atoms with Crippen LogP contribution in [0.25, 0.3) is 0 Å². The molecule has 1 fully saturated rings. The maximum absolute atomic E-state index is 3.73. The van der Waals surface area contributed by atoms with Gasteiger partial charge in [-0.3, -0.25) is 4.90 Å². The number of hydrogen-bond acceptors (Lipinski definition) is 2. The van der Waals surface area contributed by atoms with Gasteiger partial charge < -0.3 is 5.32 Å². The zero-order valence-electron chi connectivity index (χ0n) is 12.4. The van der Waals surface area contributed by atoms with Gasteiger partial charge in [0.25, 0.3) is 0 Å². The topological polar surface area (TPSA) is 15.3 Å². The first-order valence-corrected chi connectivity index (χ1v) is 7.60. The molecule has 17 heavy (non-hydrogen) atoms. The highest BCUT2D eigenvalue weighted by molar-refractivity contribution is 4.90. The van der Waals surface area contributed by atoms with Gasteiger partial charge in [0.2, 0.25) is 0 Å². The maximum Gasteiger partial charge on any atom is 0.0277 e. The molecule has 0 aliphatic carbocycles. The van der Waals surface area contributed by atoms with Gasteiger partial charge in [0.15, 0.2) is 0 Å². The van der Waals surface area contributed by atoms with Crippen LogP contribution in [0.4, 0.5) is 0 Å². The standard InChI is InChI=1S/C15H32N2/c1-5-7-8-9-12-17-13-15(4,6-2)16-11-10-14(17)3/h14,16H,5-13H2,1-4H3. The van der Waals surface area contributed by atoms with E-state index in [2.05, 4.69) is 37.9 Å². The molecule has 2 unspecified atom stereocenters. The van der Waals surface area contributed by atoms with Gasteiger partial charge in [-0.1, -0.05) is 33.1 Å². The van der Waals surface area contributed by atoms with Gasteiger partial charge in [-0.05, 0) is 46.2 Å². The molecule has 1 aliphatic heterocycles. The number of rotatable bonds is 6. The second kappa shape index (κ2) is 7.38. The average molecular weight is 240 g/mol. The lowest BCUT2D eigenvalue weighted by Crippen LogP contribution is -2.49. The minimum absolute atomic E-state index is 0.329. The van der Waals surface area contributed by atoms with Crippen molar-refractivity contribution in [2.24, 2.45) is 0 Å². The molecular formula is C15H32N2. The third-order valence-corrected chi connectivity index (χ3v) is 4.37. The second-order valence-electron chi connectivity index (χ2n) is 6.01. The first-order valence-electron chi connectivity index (χ1n) is 7.60. The smallest absolute Gasteiger partial charge is 0.0277 e. The molecule has 1 rings (SSSR count). The van der Waals surface area contributed by atoms with E-state index in [0.717, 1.165) is 6.04 Å². The molecule has 0 bridgehead atoms. The van der Waals surface area contributed by atoms with E-state index >= 15 is 0 Å². The Morgan fingerprint density at radius 2 is 2.00 bits per heavy atom. The van der Waals surface area contributed by atoms with Crippen molar-refractivity contribution < 1.29 is 0 Å². The number of unbranched alkanes of at least 4 members (excludes halogenated alkanes) is 3. The van der Waals surface area contributed by atoms with Crippen molar-refractivity contribution in [3.63, 3.8) is 0 Å². The third-order valence-electron chi connectivity index (χ3n) is 4.37. The van der Waals surface area contributed by atoms with Crippen molar-refractivity contribution in [1.82, 2.24) is 10.2 Å². The fraction of sp³-hybridized carbons (Fsp3) is 1.00. The van der Waals surface area contributed by atoms with E-state index < -0.39 is 0 Å². The summed E-state index contributed by atoms with van der Waals surface area (Å²) in [6, 6.07) is 0.748. The van der Waals surface area contributed by atoms with E-state index in [1.54, 1.807) is 0 Å². The number of hydrogen-bond donors (Lipinski definition) is 1. The van der Waals surface area contributed by atoms with E-state index in [-0.39, 0.29) is 0 Å². The number of nitrogens with one attached hydrogen (secondary N) is 1. The quantitative estimate of drug-likeness (QED) is 0.716. The molecule has 2 nitrogen and oxygen atoms in total. The summed E-state index contributed by atoms with van der Waals surface area (Å²) >= 11 is 0. The third kappa shape index (κ3) is 4.97. The van der Waals surface area contributed by atoms with E-state index in [9.17, 15) is 0 Å². The molecule has 0 saturated carbocycles. The van der Waals surface area contributed by atoms with Gasteiger partial charge in [0.05, 0.1) is 0 Å². The Hall–Kier alpha value is -0.0800. The van der Waals surface area contributed by atoms with Gasteiger partial charge in [-0.15, -0.1) is 0 Å². The lowest BCUT2D eigenvalue weighted by atomic mass is 9.98. The van der Waals surface area contributed by atoms with Crippen LogP contribution in [0.15, 0.2) is 0 Å². The predicted octanol–water partition coefficient (Wildman–Crippen LogP) is 3.42. The Labute approximate surface area is 108 Å². The van der Waals surface area contributed by atoms with Crippen molar-refractivity contribution in [3.8, 4) is 0 Å². The van der Waals surface area contributed by atoms with Crippen molar-refractivity contribution in [2.75, 3.05) is 19.6 Å². The average Bonchev–Trinajstić information content (AvgIpc) is 2.46. The summed E-state index contributed by atoms with van der Waals surface area (Å²) in [4.78, 5) is 2.71. The summed E-state index contributed by atoms with van der Waals surface area (Å²) in [6.07, 6.45) is 8.03. The van der Waals surface area contributed by atoms with Crippen LogP contribution in [0, 0.1) is 0 Å². The Bertz CT molecular complexity index is 205. The Morgan fingerprint density at radius 3 is 2.65 bits per heavy atom. The maximum atomic E-state index is 3.73. The van der Waals surface area contributed by atoms with Crippen molar-refractivity contribution in [2.45, 2.75) is 77.8 Å². The molecule has 0 amide bonds. The van der Waals surface area contributed by atoms with Gasteiger partial charge >= 0.3 is 0 Å². The molecule has 2 heteroatoms. The summed E-state index contributed by atoms with van der Waals surface area (Å²) in [5, 5.41) is 3.73. The molecular weight excluding hydrogens is 208 g/mol. The molecule has 1 N–H and O–H groups in total. The molecule has 1 saturated heterocycles. The predicted molar refractivity (Wildman–Crippen MR) is 76.5 cm³/mol. The van der Waals surface area contributed by atoms with Crippen LogP contribution in [0.2, 0.25) is 0 Å². The van der Waals surface area contributed by atoms with Crippen LogP contribution >= 0.6 is 0 Å². The van der Waals surface area contributed by atoms with Gasteiger partial charge in [-0.25, -0.2) is 0 Å². The summed E-state index contributed by atoms with van der Waals surface area (Å²) < 4.78 is 0. The van der Waals surface area contributed by atoms with E-state index in [1.165, 1.54) is 58.2 Å². The van der Waals surface area contributed by atoms with Gasteiger partial charge in [-0.2, -0.15) is 0 Å². The normalized spacial score (nSPS) is 31.4. The van der Waals surface area contributed by atoms with Crippen LogP contribution in [0.1, 0.15) is 66.2 Å². The van der Waals surface area contributed by atoms with Gasteiger partial charge in [0, 0.05) is 18.1 Å². The zero-order chi connectivity index (χ0) is 12.7. The highest BCUT2D eigenvalue weighted by Crippen LogP contribution is 2.19. The van der Waals surface area contributed by atoms with Crippen LogP contribution in [0.5, 0.6) is 0 Å². The minimum Gasteiger partial charge on any atom is -0.310 e. The highest BCUT2D eigenvalue weighted by atomic mass is 15.2. The first-order chi connectivity index (χ1) is 8.11. The van der Waals surface area contributed by atoms with Crippen molar-refractivity contribution in [3.05, 3.63) is 0 Å². The monoisotopic (exact) mass is 240 g/mol. The Balaban J connectivity index is 2.42. The minimum atomic E-state index is 0.329. The molecule has 0 spiro atoms. The molecule has 0 radical (unpaired) electrons. The molecule has 2 atom stereocenters. The molecule has 0 aromatic carbocycles. The van der Waals surface area contributed by atoms with E-state index in [1.807, 2.05) is 0 Å². The van der Waals surface area contributed by atoms with Crippen molar-refractivity contribution in [1.29, 1.82) is 0 Å². The SMILES string of the molecule is CCCCCCN1CC(C)(CC)NCCC1C. The fourth-order valence-corrected chi connectivity index (χ4v) is 2.70. The molecule has 102 valence electrons. The lowest BCUT2D eigenvalue weighted by Gasteiger charge is -2.35. The van der Waals surface area contributed by atoms with Gasteiger partial charge in [0.1, 0.15) is 0 Å². The molecule has 0 aromatic rings. The van der Waals surface area contributed by atoms with Crippen LogP contribution in [0.3, 0.4) is 0 Å². The van der Waals surface area contributed by atoms with E-state index in [4.69, 9.17) is 0 Å². The molecule has 1 heterocycles. The van der Waals surface area contributed by atoms with Crippen LogP contribution in [-0.2, 0) is 0 Å². The fourth-order valence-electron chi connectivity index (χ4n) is 2.70. The molecule has 0 aromatic heterocycles. The van der Waals surface area contributed by atoms with Crippen molar-refractivity contribution >= 4 is 0 Å². The zero-order valence-corrected chi connectivity index (χ0v) is 12.4. The summed E-state index contributed by atoms with van der Waals surface area (Å²) in [6.45, 7) is 13.0.